The standard InChI is InChI=1S/C8H5BrClNS/c9-5-2-1-3-6-8(5)12-7(4-10)11-6/h1-3H,4H2. The fraction of sp³-hybridized carbons (Fsp3) is 0.125. The van der Waals surface area contributed by atoms with E-state index in [4.69, 9.17) is 11.6 Å². The quantitative estimate of drug-likeness (QED) is 0.713. The number of hydrogen-bond donors (Lipinski definition) is 0. The van der Waals surface area contributed by atoms with Gasteiger partial charge in [0, 0.05) is 4.47 Å². The Hall–Kier alpha value is -0.120. The maximum atomic E-state index is 5.68. The number of fused-ring (bicyclic) bond motifs is 1. The van der Waals surface area contributed by atoms with E-state index in [0.717, 1.165) is 15.0 Å². The van der Waals surface area contributed by atoms with Gasteiger partial charge in [-0.1, -0.05) is 6.07 Å². The molecule has 0 saturated heterocycles. The maximum absolute atomic E-state index is 5.68. The van der Waals surface area contributed by atoms with Crippen molar-refractivity contribution in [2.45, 2.75) is 5.88 Å². The van der Waals surface area contributed by atoms with Gasteiger partial charge < -0.3 is 0 Å². The van der Waals surface area contributed by atoms with Gasteiger partial charge >= 0.3 is 0 Å². The zero-order chi connectivity index (χ0) is 8.55. The zero-order valence-corrected chi connectivity index (χ0v) is 9.21. The van der Waals surface area contributed by atoms with Crippen LogP contribution in [0.15, 0.2) is 22.7 Å². The van der Waals surface area contributed by atoms with Crippen molar-refractivity contribution >= 4 is 49.1 Å². The molecule has 0 aliphatic rings. The minimum Gasteiger partial charge on any atom is -0.240 e. The molecule has 0 fully saturated rings. The topological polar surface area (TPSA) is 12.9 Å². The Labute approximate surface area is 87.5 Å². The second kappa shape index (κ2) is 3.32. The highest BCUT2D eigenvalue weighted by molar-refractivity contribution is 9.10. The molecule has 2 aromatic rings. The monoisotopic (exact) mass is 261 g/mol. The van der Waals surface area contributed by atoms with Crippen LogP contribution < -0.4 is 0 Å². The molecule has 1 heterocycles. The number of thiazole rings is 1. The van der Waals surface area contributed by atoms with E-state index < -0.39 is 0 Å². The molecule has 0 saturated carbocycles. The molecule has 2 rings (SSSR count). The van der Waals surface area contributed by atoms with Gasteiger partial charge in [-0.2, -0.15) is 0 Å². The molecule has 1 nitrogen and oxygen atoms in total. The smallest absolute Gasteiger partial charge is 0.109 e. The first kappa shape index (κ1) is 8.48. The summed E-state index contributed by atoms with van der Waals surface area (Å²) in [5, 5.41) is 0.971. The lowest BCUT2D eigenvalue weighted by molar-refractivity contribution is 1.30. The first-order valence-electron chi connectivity index (χ1n) is 3.41. The molecule has 1 aromatic heterocycles. The zero-order valence-electron chi connectivity index (χ0n) is 6.05. The van der Waals surface area contributed by atoms with Gasteiger partial charge in [0.05, 0.1) is 16.1 Å². The maximum Gasteiger partial charge on any atom is 0.109 e. The van der Waals surface area contributed by atoms with E-state index in [2.05, 4.69) is 20.9 Å². The van der Waals surface area contributed by atoms with Crippen LogP contribution in [0.25, 0.3) is 10.2 Å². The molecule has 0 aliphatic carbocycles. The van der Waals surface area contributed by atoms with Crippen LogP contribution >= 0.6 is 38.9 Å². The molecule has 0 unspecified atom stereocenters. The summed E-state index contributed by atoms with van der Waals surface area (Å²) in [6.45, 7) is 0. The lowest BCUT2D eigenvalue weighted by Crippen LogP contribution is -1.71. The molecule has 0 N–H and O–H groups in total. The Balaban J connectivity index is 2.74. The lowest BCUT2D eigenvalue weighted by atomic mass is 10.3. The summed E-state index contributed by atoms with van der Waals surface area (Å²) in [4.78, 5) is 4.35. The van der Waals surface area contributed by atoms with Crippen molar-refractivity contribution in [2.75, 3.05) is 0 Å². The van der Waals surface area contributed by atoms with Gasteiger partial charge in [-0.25, -0.2) is 4.98 Å². The molecule has 62 valence electrons. The number of nitrogens with zero attached hydrogens (tertiary/aromatic N) is 1. The Morgan fingerprint density at radius 3 is 3.00 bits per heavy atom. The predicted octanol–water partition coefficient (Wildman–Crippen LogP) is 3.80. The number of alkyl halides is 1. The van der Waals surface area contributed by atoms with E-state index in [1.807, 2.05) is 18.2 Å². The number of rotatable bonds is 1. The van der Waals surface area contributed by atoms with E-state index in [1.165, 1.54) is 4.70 Å². The highest BCUT2D eigenvalue weighted by Gasteiger charge is 2.04. The van der Waals surface area contributed by atoms with E-state index in [9.17, 15) is 0 Å². The summed E-state index contributed by atoms with van der Waals surface area (Å²) < 4.78 is 2.27. The van der Waals surface area contributed by atoms with Gasteiger partial charge in [-0.05, 0) is 28.1 Å². The van der Waals surface area contributed by atoms with Gasteiger partial charge in [0.15, 0.2) is 0 Å². The summed E-state index contributed by atoms with van der Waals surface area (Å²) in [5.41, 5.74) is 1.02. The second-order valence-electron chi connectivity index (χ2n) is 2.33. The van der Waals surface area contributed by atoms with Crippen molar-refractivity contribution in [3.63, 3.8) is 0 Å². The normalized spacial score (nSPS) is 10.8. The molecule has 0 atom stereocenters. The lowest BCUT2D eigenvalue weighted by Gasteiger charge is -1.88. The second-order valence-corrected chi connectivity index (χ2v) is 4.53. The highest BCUT2D eigenvalue weighted by atomic mass is 79.9. The fourth-order valence-corrected chi connectivity index (χ4v) is 2.66. The van der Waals surface area contributed by atoms with Crippen LogP contribution in [0.1, 0.15) is 5.01 Å². The Kier molecular flexibility index (Phi) is 2.35. The molecule has 0 radical (unpaired) electrons. The van der Waals surface area contributed by atoms with Gasteiger partial charge in [0.2, 0.25) is 0 Å². The molecule has 0 amide bonds. The fourth-order valence-electron chi connectivity index (χ4n) is 1.02. The molecular weight excluding hydrogens is 258 g/mol. The molecule has 0 spiro atoms. The van der Waals surface area contributed by atoms with Gasteiger partial charge in [0.1, 0.15) is 5.01 Å². The van der Waals surface area contributed by atoms with Crippen LogP contribution in [0.2, 0.25) is 0 Å². The van der Waals surface area contributed by atoms with Crippen molar-refractivity contribution < 1.29 is 0 Å². The number of halogens is 2. The molecule has 1 aromatic carbocycles. The average Bonchev–Trinajstić information content (AvgIpc) is 2.49. The van der Waals surface area contributed by atoms with Crippen LogP contribution in [0.3, 0.4) is 0 Å². The van der Waals surface area contributed by atoms with E-state index in [1.54, 1.807) is 11.3 Å². The van der Waals surface area contributed by atoms with Gasteiger partial charge in [-0.3, -0.25) is 0 Å². The number of hydrogen-bond acceptors (Lipinski definition) is 2. The third kappa shape index (κ3) is 1.37. The van der Waals surface area contributed by atoms with Crippen molar-refractivity contribution in [1.82, 2.24) is 4.98 Å². The summed E-state index contributed by atoms with van der Waals surface area (Å²) in [7, 11) is 0. The van der Waals surface area contributed by atoms with Crippen LogP contribution in [-0.2, 0) is 5.88 Å². The van der Waals surface area contributed by atoms with Crippen molar-refractivity contribution in [3.8, 4) is 0 Å². The molecule has 0 bridgehead atoms. The summed E-state index contributed by atoms with van der Waals surface area (Å²) in [6, 6.07) is 5.98. The Morgan fingerprint density at radius 2 is 2.33 bits per heavy atom. The van der Waals surface area contributed by atoms with E-state index in [-0.39, 0.29) is 0 Å². The van der Waals surface area contributed by atoms with Crippen LogP contribution in [0.5, 0.6) is 0 Å². The van der Waals surface area contributed by atoms with E-state index >= 15 is 0 Å². The first-order valence-corrected chi connectivity index (χ1v) is 5.55. The molecular formula is C8H5BrClNS. The average molecular weight is 263 g/mol. The van der Waals surface area contributed by atoms with Gasteiger partial charge in [-0.15, -0.1) is 22.9 Å². The SMILES string of the molecule is ClCc1nc2cccc(Br)c2s1. The Morgan fingerprint density at radius 1 is 1.50 bits per heavy atom. The highest BCUT2D eigenvalue weighted by Crippen LogP contribution is 2.29. The summed E-state index contributed by atoms with van der Waals surface area (Å²) in [5.74, 6) is 0.492. The van der Waals surface area contributed by atoms with Crippen molar-refractivity contribution in [1.29, 1.82) is 0 Å². The number of benzene rings is 1. The van der Waals surface area contributed by atoms with Crippen LogP contribution in [0, 0.1) is 0 Å². The van der Waals surface area contributed by atoms with Crippen molar-refractivity contribution in [3.05, 3.63) is 27.7 Å². The van der Waals surface area contributed by atoms with E-state index in [0.29, 0.717) is 5.88 Å². The summed E-state index contributed by atoms with van der Waals surface area (Å²) >= 11 is 10.8. The molecule has 12 heavy (non-hydrogen) atoms. The first-order chi connectivity index (χ1) is 5.81. The minimum atomic E-state index is 0.492. The minimum absolute atomic E-state index is 0.492. The Bertz CT molecular complexity index is 412. The molecule has 0 aliphatic heterocycles. The van der Waals surface area contributed by atoms with Crippen molar-refractivity contribution in [2.24, 2.45) is 0 Å². The third-order valence-electron chi connectivity index (χ3n) is 1.53. The largest absolute Gasteiger partial charge is 0.240 e. The van der Waals surface area contributed by atoms with Crippen LogP contribution in [0.4, 0.5) is 0 Å². The molecule has 4 heteroatoms. The summed E-state index contributed by atoms with van der Waals surface area (Å²) in [6.07, 6.45) is 0. The number of aromatic nitrogens is 1. The van der Waals surface area contributed by atoms with Gasteiger partial charge in [0.25, 0.3) is 0 Å². The van der Waals surface area contributed by atoms with Crippen LogP contribution in [-0.4, -0.2) is 4.98 Å². The predicted molar refractivity (Wildman–Crippen MR) is 56.9 cm³/mol. The third-order valence-corrected chi connectivity index (χ3v) is 3.96.